The summed E-state index contributed by atoms with van der Waals surface area (Å²) in [5, 5.41) is 29.4. The molecule has 0 saturated heterocycles. The number of hydrogen-bond donors (Lipinski definition) is 3. The highest BCUT2D eigenvalue weighted by molar-refractivity contribution is 6.33. The van der Waals surface area contributed by atoms with E-state index in [0.29, 0.717) is 64.3 Å². The van der Waals surface area contributed by atoms with Crippen LogP contribution in [0, 0.1) is 12.3 Å². The first-order chi connectivity index (χ1) is 18.6. The summed E-state index contributed by atoms with van der Waals surface area (Å²) in [5.41, 5.74) is 4.18. The van der Waals surface area contributed by atoms with Gasteiger partial charge in [0.15, 0.2) is 5.82 Å². The molecule has 0 bridgehead atoms. The summed E-state index contributed by atoms with van der Waals surface area (Å²) < 4.78 is 5.77. The fraction of sp³-hybridized carbons (Fsp3) is 0.321. The molecule has 0 aliphatic carbocycles. The average molecular weight is 551 g/mol. The van der Waals surface area contributed by atoms with Gasteiger partial charge in [-0.2, -0.15) is 0 Å². The van der Waals surface area contributed by atoms with E-state index in [1.54, 1.807) is 38.4 Å². The number of halogens is 1. The van der Waals surface area contributed by atoms with E-state index in [0.717, 1.165) is 11.3 Å². The van der Waals surface area contributed by atoms with E-state index < -0.39 is 6.10 Å². The Hall–Kier alpha value is -4.02. The van der Waals surface area contributed by atoms with E-state index in [4.69, 9.17) is 31.7 Å². The fourth-order valence-electron chi connectivity index (χ4n) is 4.53. The van der Waals surface area contributed by atoms with Gasteiger partial charge < -0.3 is 30.2 Å². The van der Waals surface area contributed by atoms with Crippen LogP contribution in [0.5, 0.6) is 5.75 Å². The van der Waals surface area contributed by atoms with Crippen LogP contribution in [-0.2, 0) is 17.9 Å². The van der Waals surface area contributed by atoms with Gasteiger partial charge in [-0.1, -0.05) is 17.7 Å². The molecule has 1 aliphatic heterocycles. The van der Waals surface area contributed by atoms with Gasteiger partial charge in [0, 0.05) is 43.2 Å². The molecule has 204 valence electrons. The molecule has 10 nitrogen and oxygen atoms in total. The minimum absolute atomic E-state index is 0.0231. The first-order valence-electron chi connectivity index (χ1n) is 12.4. The lowest BCUT2D eigenvalue weighted by Gasteiger charge is -2.22. The highest BCUT2D eigenvalue weighted by Crippen LogP contribution is 2.36. The SMILES string of the molecule is CC(=N)/C(=C(/C)O)c1nc(-c2cc(OC[C@H](O)CN(C)C=O)ccc2Cl)nc(N2Cc3cccnc3C2)c1C. The predicted molar refractivity (Wildman–Crippen MR) is 150 cm³/mol. The van der Waals surface area contributed by atoms with Gasteiger partial charge in [-0.3, -0.25) is 9.78 Å². The van der Waals surface area contributed by atoms with Gasteiger partial charge in [-0.15, -0.1) is 0 Å². The highest BCUT2D eigenvalue weighted by Gasteiger charge is 2.27. The number of hydrogen-bond acceptors (Lipinski definition) is 9. The highest BCUT2D eigenvalue weighted by atomic mass is 35.5. The maximum Gasteiger partial charge on any atom is 0.209 e. The summed E-state index contributed by atoms with van der Waals surface area (Å²) in [6.45, 7) is 6.24. The van der Waals surface area contributed by atoms with Crippen molar-refractivity contribution in [1.82, 2.24) is 19.9 Å². The number of pyridine rings is 1. The zero-order chi connectivity index (χ0) is 28.3. The first-order valence-corrected chi connectivity index (χ1v) is 12.7. The average Bonchev–Trinajstić information content (AvgIpc) is 3.33. The molecule has 1 aromatic carbocycles. The number of rotatable bonds is 10. The number of ether oxygens (including phenoxy) is 1. The quantitative estimate of drug-likeness (QED) is 0.194. The molecule has 1 aliphatic rings. The van der Waals surface area contributed by atoms with Crippen LogP contribution in [0.1, 0.15) is 36.4 Å². The molecule has 3 N–H and O–H groups in total. The summed E-state index contributed by atoms with van der Waals surface area (Å²) >= 11 is 6.61. The number of aliphatic hydroxyl groups excluding tert-OH is 2. The fourth-order valence-corrected chi connectivity index (χ4v) is 4.73. The van der Waals surface area contributed by atoms with E-state index in [-0.39, 0.29) is 24.6 Å². The molecule has 1 atom stereocenters. The van der Waals surface area contributed by atoms with Gasteiger partial charge in [0.2, 0.25) is 6.41 Å². The van der Waals surface area contributed by atoms with Crippen molar-refractivity contribution in [2.45, 2.75) is 40.0 Å². The van der Waals surface area contributed by atoms with E-state index in [1.807, 2.05) is 19.1 Å². The van der Waals surface area contributed by atoms with Crippen LogP contribution < -0.4 is 9.64 Å². The van der Waals surface area contributed by atoms with Crippen molar-refractivity contribution >= 4 is 35.1 Å². The number of aliphatic hydroxyl groups is 2. The Kier molecular flexibility index (Phi) is 8.47. The number of allylic oxidation sites excluding steroid dienone is 2. The molecule has 0 fully saturated rings. The molecule has 4 rings (SSSR count). The normalized spacial score (nSPS) is 13.9. The van der Waals surface area contributed by atoms with Gasteiger partial charge in [-0.25, -0.2) is 9.97 Å². The van der Waals surface area contributed by atoms with Crippen molar-refractivity contribution in [3.8, 4) is 17.1 Å². The maximum absolute atomic E-state index is 10.8. The molecular formula is C28H31ClN6O4. The number of amides is 1. The standard InChI is InChI=1S/C28H31ClN6O4/c1-16-26(25(17(2)30)18(3)37)32-27(33-28(16)35-11-19-6-5-9-31-24(19)13-35)22-10-21(7-8-23(22)29)39-14-20(38)12-34(4)15-36/h5-10,15,20,30,37-38H,11-14H2,1-4H3/b25-18+,30-17?/t20-/m1/s1. The molecule has 0 unspecified atom stereocenters. The second-order valence-electron chi connectivity index (χ2n) is 9.55. The Bertz CT molecular complexity index is 1410. The summed E-state index contributed by atoms with van der Waals surface area (Å²) in [4.78, 5) is 28.4. The minimum atomic E-state index is -0.880. The number of likely N-dealkylation sites (N-methyl/N-ethyl adjacent to an activating group) is 1. The largest absolute Gasteiger partial charge is 0.512 e. The number of carbonyl (C=O) groups excluding carboxylic acids is 1. The minimum Gasteiger partial charge on any atom is -0.512 e. The Labute approximate surface area is 232 Å². The number of carbonyl (C=O) groups is 1. The molecule has 11 heteroatoms. The Morgan fingerprint density at radius 2 is 2.05 bits per heavy atom. The van der Waals surface area contributed by atoms with Crippen LogP contribution >= 0.6 is 11.6 Å². The van der Waals surface area contributed by atoms with Gasteiger partial charge in [-0.05, 0) is 50.6 Å². The van der Waals surface area contributed by atoms with Gasteiger partial charge in [0.1, 0.15) is 30.0 Å². The Morgan fingerprint density at radius 3 is 2.72 bits per heavy atom. The molecular weight excluding hydrogens is 520 g/mol. The molecule has 3 aromatic rings. The third-order valence-corrected chi connectivity index (χ3v) is 6.71. The second kappa shape index (κ2) is 11.8. The molecule has 2 aromatic heterocycles. The van der Waals surface area contributed by atoms with Crippen LogP contribution in [0.25, 0.3) is 17.0 Å². The van der Waals surface area contributed by atoms with Gasteiger partial charge in [0.25, 0.3) is 0 Å². The number of aromatic nitrogens is 3. The zero-order valence-corrected chi connectivity index (χ0v) is 23.0. The van der Waals surface area contributed by atoms with Crippen molar-refractivity contribution in [2.24, 2.45) is 0 Å². The third-order valence-electron chi connectivity index (χ3n) is 6.38. The first kappa shape index (κ1) is 28.0. The van der Waals surface area contributed by atoms with Crippen molar-refractivity contribution in [1.29, 1.82) is 5.41 Å². The van der Waals surface area contributed by atoms with E-state index >= 15 is 0 Å². The lowest BCUT2D eigenvalue weighted by Crippen LogP contribution is -2.32. The van der Waals surface area contributed by atoms with E-state index in [1.165, 1.54) is 11.8 Å². The summed E-state index contributed by atoms with van der Waals surface area (Å²) in [7, 11) is 1.57. The molecule has 0 saturated carbocycles. The van der Waals surface area contributed by atoms with Gasteiger partial charge in [0.05, 0.1) is 28.5 Å². The molecule has 39 heavy (non-hydrogen) atoms. The number of anilines is 1. The lowest BCUT2D eigenvalue weighted by atomic mass is 10.0. The van der Waals surface area contributed by atoms with Gasteiger partial charge >= 0.3 is 0 Å². The number of fused-ring (bicyclic) bond motifs is 1. The monoisotopic (exact) mass is 550 g/mol. The van der Waals surface area contributed by atoms with Crippen molar-refractivity contribution in [2.75, 3.05) is 25.1 Å². The van der Waals surface area contributed by atoms with Crippen LogP contribution in [0.15, 0.2) is 42.3 Å². The topological polar surface area (TPSA) is 136 Å². The predicted octanol–water partition coefficient (Wildman–Crippen LogP) is 4.18. The van der Waals surface area contributed by atoms with Crippen LogP contribution in [0.3, 0.4) is 0 Å². The summed E-state index contributed by atoms with van der Waals surface area (Å²) in [6, 6.07) is 8.95. The van der Waals surface area contributed by atoms with Crippen molar-refractivity contribution < 1.29 is 19.7 Å². The smallest absolute Gasteiger partial charge is 0.209 e. The van der Waals surface area contributed by atoms with Crippen LogP contribution in [-0.4, -0.2) is 68.5 Å². The van der Waals surface area contributed by atoms with Crippen LogP contribution in [0.4, 0.5) is 5.82 Å². The maximum atomic E-state index is 10.8. The van der Waals surface area contributed by atoms with Crippen molar-refractivity contribution in [3.05, 3.63) is 69.8 Å². The lowest BCUT2D eigenvalue weighted by molar-refractivity contribution is -0.118. The Morgan fingerprint density at radius 1 is 1.28 bits per heavy atom. The van der Waals surface area contributed by atoms with Crippen molar-refractivity contribution in [3.63, 3.8) is 0 Å². The summed E-state index contributed by atoms with van der Waals surface area (Å²) in [6.07, 6.45) is 1.52. The van der Waals surface area contributed by atoms with Crippen LogP contribution in [0.2, 0.25) is 5.02 Å². The molecule has 1 amide bonds. The second-order valence-corrected chi connectivity index (χ2v) is 9.95. The Balaban J connectivity index is 1.77. The number of nitrogens with zero attached hydrogens (tertiary/aromatic N) is 5. The molecule has 0 spiro atoms. The third kappa shape index (κ3) is 6.18. The molecule has 0 radical (unpaired) electrons. The summed E-state index contributed by atoms with van der Waals surface area (Å²) in [5.74, 6) is 1.35. The number of benzene rings is 1. The number of nitrogens with one attached hydrogen (secondary N) is 1. The van der Waals surface area contributed by atoms with E-state index in [2.05, 4.69) is 9.88 Å². The molecule has 3 heterocycles. The zero-order valence-electron chi connectivity index (χ0n) is 22.3. The van der Waals surface area contributed by atoms with E-state index in [9.17, 15) is 15.0 Å².